The molecule has 14 atom stereocenters. The number of aliphatic hydroxyl groups is 3. The Bertz CT molecular complexity index is 1480. The molecule has 13 heteroatoms. The summed E-state index contributed by atoms with van der Waals surface area (Å²) in [6.45, 7) is 13.1. The molecule has 2 saturated heterocycles. The van der Waals surface area contributed by atoms with Crippen LogP contribution in [-0.4, -0.2) is 126 Å². The summed E-state index contributed by atoms with van der Waals surface area (Å²) in [6.07, 6.45) is 4.93. The maximum atomic E-state index is 14.3. The predicted octanol–water partition coefficient (Wildman–Crippen LogP) is 4.64. The number of carbonyl (C=O) groups excluding carboxylic acids is 4. The van der Waals surface area contributed by atoms with Crippen LogP contribution in [0.25, 0.3) is 0 Å². The van der Waals surface area contributed by atoms with Crippen molar-refractivity contribution in [2.45, 2.75) is 160 Å². The van der Waals surface area contributed by atoms with E-state index in [1.165, 1.54) is 19.1 Å². The Morgan fingerprint density at radius 2 is 1.60 bits per heavy atom. The number of nitrogens with zero attached hydrogens (tertiary/aromatic N) is 1. The lowest BCUT2D eigenvalue weighted by molar-refractivity contribution is -0.302. The van der Waals surface area contributed by atoms with E-state index in [2.05, 4.69) is 6.58 Å². The summed E-state index contributed by atoms with van der Waals surface area (Å²) in [5.74, 6) is -7.76. The zero-order valence-corrected chi connectivity index (χ0v) is 35.4. The second-order valence-corrected chi connectivity index (χ2v) is 17.3. The fraction of sp³-hybridized carbons (Fsp3) is 0.773. The number of fused-ring (bicyclic) bond motifs is 3. The summed E-state index contributed by atoms with van der Waals surface area (Å²) in [6, 6.07) is -1.14. The first-order chi connectivity index (χ1) is 27.0. The van der Waals surface area contributed by atoms with Gasteiger partial charge in [-0.2, -0.15) is 0 Å². The summed E-state index contributed by atoms with van der Waals surface area (Å²) >= 11 is 0. The minimum absolute atomic E-state index is 0.00988. The third kappa shape index (κ3) is 11.3. The Hall–Kier alpha value is -2.78. The molecule has 57 heavy (non-hydrogen) atoms. The van der Waals surface area contributed by atoms with E-state index in [4.69, 9.17) is 23.7 Å². The number of carbonyl (C=O) groups is 4. The normalized spacial score (nSPS) is 41.0. The van der Waals surface area contributed by atoms with Crippen LogP contribution < -0.4 is 0 Å². The molecule has 322 valence electrons. The standard InChI is InChI=1S/C44H69NO12/c1-10-13-31-19-25(2)18-26(3)20-37(54-8)40-38(55-9)22-28(5)44(52,57-40)41(49)42(50)45-17-12-11-14-32(45)43(51)56-39(29(6)34(47)24-35(31)48)27(4)21-30-15-16-33(46)36(23-30)53-7/h10,19,21,26,28-34,36-40,46-47,52H,1,11-18,20,22-24H2,2-9H3/b25-19+,27-21+/t26-,28?,29?,30?,31+,32-,33?,34?,36+,37-,38?,39?,40?,44+/m0/s1. The summed E-state index contributed by atoms with van der Waals surface area (Å²) in [4.78, 5) is 57.8. The van der Waals surface area contributed by atoms with Crippen molar-refractivity contribution >= 4 is 23.4 Å². The predicted molar refractivity (Wildman–Crippen MR) is 213 cm³/mol. The fourth-order valence-corrected chi connectivity index (χ4v) is 9.42. The van der Waals surface area contributed by atoms with Gasteiger partial charge >= 0.3 is 5.97 Å². The molecule has 1 aliphatic carbocycles. The molecule has 1 saturated carbocycles. The van der Waals surface area contributed by atoms with Crippen molar-refractivity contribution < 1.29 is 58.2 Å². The van der Waals surface area contributed by atoms with Crippen LogP contribution in [0.5, 0.6) is 0 Å². The van der Waals surface area contributed by atoms with Crippen molar-refractivity contribution in [1.82, 2.24) is 4.90 Å². The molecule has 1 amide bonds. The minimum atomic E-state index is -2.51. The van der Waals surface area contributed by atoms with Crippen LogP contribution in [0.4, 0.5) is 0 Å². The van der Waals surface area contributed by atoms with Crippen molar-refractivity contribution in [3.63, 3.8) is 0 Å². The van der Waals surface area contributed by atoms with Gasteiger partial charge in [-0.05, 0) is 95.5 Å². The second-order valence-electron chi connectivity index (χ2n) is 17.3. The lowest BCUT2D eigenvalue weighted by Gasteiger charge is -2.47. The van der Waals surface area contributed by atoms with Gasteiger partial charge in [-0.25, -0.2) is 4.79 Å². The molecule has 0 aromatic heterocycles. The van der Waals surface area contributed by atoms with Gasteiger partial charge in [0.2, 0.25) is 5.79 Å². The first-order valence-corrected chi connectivity index (χ1v) is 20.9. The van der Waals surface area contributed by atoms with Crippen molar-refractivity contribution in [2.24, 2.45) is 29.6 Å². The van der Waals surface area contributed by atoms with E-state index in [-0.39, 0.29) is 49.5 Å². The Labute approximate surface area is 339 Å². The Morgan fingerprint density at radius 3 is 2.25 bits per heavy atom. The minimum Gasteiger partial charge on any atom is -0.456 e. The number of ketones is 2. The quantitative estimate of drug-likeness (QED) is 0.185. The third-order valence-electron chi connectivity index (χ3n) is 12.9. The number of cyclic esters (lactones) is 1. The number of allylic oxidation sites excluding steroid dienone is 4. The lowest BCUT2D eigenvalue weighted by atomic mass is 9.81. The molecule has 13 nitrogen and oxygen atoms in total. The number of hydrogen-bond donors (Lipinski definition) is 3. The van der Waals surface area contributed by atoms with Crippen molar-refractivity contribution in [3.05, 3.63) is 36.0 Å². The molecular weight excluding hydrogens is 734 g/mol. The molecule has 3 N–H and O–H groups in total. The van der Waals surface area contributed by atoms with E-state index in [0.29, 0.717) is 56.9 Å². The molecule has 0 radical (unpaired) electrons. The van der Waals surface area contributed by atoms with Gasteiger partial charge in [-0.1, -0.05) is 44.6 Å². The van der Waals surface area contributed by atoms with E-state index in [1.54, 1.807) is 27.0 Å². The number of Topliss-reactive ketones (excluding diaryl/α,β-unsaturated/α-hetero) is 2. The number of ether oxygens (including phenoxy) is 5. The highest BCUT2D eigenvalue weighted by atomic mass is 16.7. The van der Waals surface area contributed by atoms with Gasteiger partial charge in [0.05, 0.1) is 30.5 Å². The van der Waals surface area contributed by atoms with Gasteiger partial charge in [0, 0.05) is 52.0 Å². The van der Waals surface area contributed by atoms with Crippen LogP contribution in [0.15, 0.2) is 36.0 Å². The smallest absolute Gasteiger partial charge is 0.329 e. The van der Waals surface area contributed by atoms with Crippen LogP contribution in [0.2, 0.25) is 0 Å². The first kappa shape index (κ1) is 46.9. The number of amides is 1. The monoisotopic (exact) mass is 803 g/mol. The number of piperidine rings is 1. The van der Waals surface area contributed by atoms with E-state index < -0.39 is 83.9 Å². The topological polar surface area (TPSA) is 178 Å². The number of methoxy groups -OCH3 is 3. The Morgan fingerprint density at radius 1 is 0.930 bits per heavy atom. The van der Waals surface area contributed by atoms with Crippen LogP contribution >= 0.6 is 0 Å². The highest BCUT2D eigenvalue weighted by molar-refractivity contribution is 6.39. The first-order valence-electron chi connectivity index (χ1n) is 20.9. The van der Waals surface area contributed by atoms with E-state index in [0.717, 1.165) is 5.57 Å². The van der Waals surface area contributed by atoms with Crippen LogP contribution in [-0.2, 0) is 42.9 Å². The van der Waals surface area contributed by atoms with Gasteiger partial charge in [0.15, 0.2) is 0 Å². The molecule has 0 spiro atoms. The van der Waals surface area contributed by atoms with Crippen molar-refractivity contribution in [2.75, 3.05) is 27.9 Å². The maximum absolute atomic E-state index is 14.3. The highest BCUT2D eigenvalue weighted by Gasteiger charge is 2.56. The van der Waals surface area contributed by atoms with E-state index >= 15 is 0 Å². The summed E-state index contributed by atoms with van der Waals surface area (Å²) in [5.41, 5.74) is 1.61. The van der Waals surface area contributed by atoms with Gasteiger partial charge in [0.1, 0.15) is 24.0 Å². The highest BCUT2D eigenvalue weighted by Crippen LogP contribution is 2.39. The average molecular weight is 804 g/mol. The molecular formula is C44H69NO12. The molecule has 0 aromatic carbocycles. The third-order valence-corrected chi connectivity index (χ3v) is 12.9. The molecule has 3 heterocycles. The second kappa shape index (κ2) is 21.0. The summed E-state index contributed by atoms with van der Waals surface area (Å²) < 4.78 is 29.7. The Kier molecular flexibility index (Phi) is 17.2. The molecule has 3 fully saturated rings. The lowest BCUT2D eigenvalue weighted by Crippen LogP contribution is -2.64. The Balaban J connectivity index is 1.78. The zero-order chi connectivity index (χ0) is 42.2. The largest absolute Gasteiger partial charge is 0.456 e. The SMILES string of the molecule is C=CC[C@@H]1/C=C(\C)C[C@H](C)C[C@H](OC)C2O[C@@](O)(C(=O)C(=O)N3CCCC[C@H]3C(=O)OC(/C(C)=C/C3CCC(O)[C@H](OC)C3)C(C)C(O)CC1=O)C(C)CC2OC. The molecule has 3 aliphatic heterocycles. The maximum Gasteiger partial charge on any atom is 0.329 e. The molecule has 4 rings (SSSR count). The molecule has 8 unspecified atom stereocenters. The van der Waals surface area contributed by atoms with Crippen LogP contribution in [0.3, 0.4) is 0 Å². The van der Waals surface area contributed by atoms with E-state index in [9.17, 15) is 34.5 Å². The van der Waals surface area contributed by atoms with Crippen molar-refractivity contribution in [3.8, 4) is 0 Å². The average Bonchev–Trinajstić information content (AvgIpc) is 3.18. The molecule has 0 aromatic rings. The van der Waals surface area contributed by atoms with Crippen LogP contribution in [0, 0.1) is 29.6 Å². The summed E-state index contributed by atoms with van der Waals surface area (Å²) in [7, 11) is 4.61. The van der Waals surface area contributed by atoms with Gasteiger partial charge < -0.3 is 43.9 Å². The van der Waals surface area contributed by atoms with Gasteiger partial charge in [0.25, 0.3) is 11.7 Å². The van der Waals surface area contributed by atoms with E-state index in [1.807, 2.05) is 32.9 Å². The van der Waals surface area contributed by atoms with Crippen molar-refractivity contribution in [1.29, 1.82) is 0 Å². The number of hydrogen-bond acceptors (Lipinski definition) is 12. The van der Waals surface area contributed by atoms with Crippen LogP contribution in [0.1, 0.15) is 105 Å². The number of rotatable bonds is 7. The zero-order valence-electron chi connectivity index (χ0n) is 35.4. The fourth-order valence-electron chi connectivity index (χ4n) is 9.42. The number of aliphatic hydroxyl groups excluding tert-OH is 2. The molecule has 4 aliphatic rings. The van der Waals surface area contributed by atoms with Gasteiger partial charge in [-0.15, -0.1) is 6.58 Å². The summed E-state index contributed by atoms with van der Waals surface area (Å²) in [5, 5.41) is 34.1. The number of esters is 1. The van der Waals surface area contributed by atoms with Gasteiger partial charge in [-0.3, -0.25) is 14.4 Å². The molecule has 2 bridgehead atoms.